The summed E-state index contributed by atoms with van der Waals surface area (Å²) in [6.45, 7) is 2.75. The Balaban J connectivity index is 2.23. The smallest absolute Gasteiger partial charge is 0.274 e. The highest BCUT2D eigenvalue weighted by Crippen LogP contribution is 2.13. The number of aromatic nitrogens is 1. The first kappa shape index (κ1) is 16.3. The fraction of sp³-hybridized carbons (Fsp3) is 0.417. The number of nitrogens with zero attached hydrogens (tertiary/aromatic N) is 2. The van der Waals surface area contributed by atoms with Gasteiger partial charge in [0.1, 0.15) is 5.01 Å². The van der Waals surface area contributed by atoms with Gasteiger partial charge in [-0.25, -0.2) is 4.98 Å². The molecule has 20 heavy (non-hydrogen) atoms. The molecule has 0 aromatic carbocycles. The van der Waals surface area contributed by atoms with E-state index in [1.165, 1.54) is 0 Å². The van der Waals surface area contributed by atoms with E-state index >= 15 is 0 Å². The number of thiazole rings is 1. The number of nitrogens with one attached hydrogen (secondary N) is 2. The summed E-state index contributed by atoms with van der Waals surface area (Å²) in [4.78, 5) is 14.2. The summed E-state index contributed by atoms with van der Waals surface area (Å²) in [7, 11) is 0. The lowest BCUT2D eigenvalue weighted by Crippen LogP contribution is -2.29. The van der Waals surface area contributed by atoms with E-state index in [2.05, 4.69) is 27.5 Å². The van der Waals surface area contributed by atoms with E-state index < -0.39 is 4.92 Å². The van der Waals surface area contributed by atoms with Crippen LogP contribution in [0.4, 0.5) is 0 Å². The fourth-order valence-electron chi connectivity index (χ4n) is 1.23. The molecule has 2 N–H and O–H groups in total. The molecule has 0 aliphatic carbocycles. The second kappa shape index (κ2) is 10.1. The van der Waals surface area contributed by atoms with Gasteiger partial charge < -0.3 is 10.6 Å². The molecule has 8 heteroatoms. The average molecular weight is 312 g/mol. The Labute approximate surface area is 126 Å². The fourth-order valence-corrected chi connectivity index (χ4v) is 2.79. The predicted molar refractivity (Wildman–Crippen MR) is 82.8 cm³/mol. The molecule has 1 aromatic rings. The first-order chi connectivity index (χ1) is 9.72. The minimum absolute atomic E-state index is 0.382. The normalized spacial score (nSPS) is 10.6. The van der Waals surface area contributed by atoms with Crippen LogP contribution in [0.25, 0.3) is 0 Å². The van der Waals surface area contributed by atoms with Gasteiger partial charge in [0.2, 0.25) is 0 Å². The predicted octanol–water partition coefficient (Wildman–Crippen LogP) is 1.65. The van der Waals surface area contributed by atoms with Gasteiger partial charge in [0.15, 0.2) is 5.82 Å². The monoisotopic (exact) mass is 312 g/mol. The van der Waals surface area contributed by atoms with Crippen LogP contribution in [-0.4, -0.2) is 28.7 Å². The Morgan fingerprint density at radius 1 is 1.65 bits per heavy atom. The third kappa shape index (κ3) is 7.66. The van der Waals surface area contributed by atoms with E-state index in [0.29, 0.717) is 18.9 Å². The van der Waals surface area contributed by atoms with Crippen LogP contribution >= 0.6 is 23.1 Å². The average Bonchev–Trinajstić information content (AvgIpc) is 2.91. The van der Waals surface area contributed by atoms with Gasteiger partial charge in [-0.3, -0.25) is 10.1 Å². The topological polar surface area (TPSA) is 80.1 Å². The van der Waals surface area contributed by atoms with Crippen LogP contribution in [0.3, 0.4) is 0 Å². The molecule has 0 aliphatic rings. The van der Waals surface area contributed by atoms with Crippen LogP contribution in [-0.2, 0) is 5.75 Å². The molecule has 0 saturated carbocycles. The summed E-state index contributed by atoms with van der Waals surface area (Å²) in [5, 5.41) is 19.4. The number of rotatable bonds is 9. The largest absolute Gasteiger partial charge is 0.366 e. The molecule has 0 bridgehead atoms. The molecule has 1 heterocycles. The highest BCUT2D eigenvalue weighted by molar-refractivity contribution is 7.98. The summed E-state index contributed by atoms with van der Waals surface area (Å²) in [6, 6.07) is 0. The first-order valence-corrected chi connectivity index (χ1v) is 7.94. The molecule has 6 nitrogen and oxygen atoms in total. The van der Waals surface area contributed by atoms with E-state index in [4.69, 9.17) is 0 Å². The third-order valence-corrected chi connectivity index (χ3v) is 3.98. The van der Waals surface area contributed by atoms with Crippen LogP contribution in [0.2, 0.25) is 0 Å². The Morgan fingerprint density at radius 3 is 3.15 bits per heavy atom. The van der Waals surface area contributed by atoms with Crippen molar-refractivity contribution in [3.63, 3.8) is 0 Å². The molecular formula is C12H16N4O2S2. The van der Waals surface area contributed by atoms with E-state index in [-0.39, 0.29) is 0 Å². The number of thioether (sulfide) groups is 1. The van der Waals surface area contributed by atoms with E-state index in [9.17, 15) is 10.1 Å². The molecule has 0 spiro atoms. The van der Waals surface area contributed by atoms with Crippen molar-refractivity contribution in [1.82, 2.24) is 15.6 Å². The van der Waals surface area contributed by atoms with Crippen molar-refractivity contribution in [1.29, 1.82) is 0 Å². The second-order valence-electron chi connectivity index (χ2n) is 3.51. The van der Waals surface area contributed by atoms with Crippen LogP contribution in [0.15, 0.2) is 23.6 Å². The summed E-state index contributed by atoms with van der Waals surface area (Å²) < 4.78 is 0. The summed E-state index contributed by atoms with van der Waals surface area (Å²) in [6.07, 6.45) is 2.71. The lowest BCUT2D eigenvalue weighted by molar-refractivity contribution is -0.404. The van der Waals surface area contributed by atoms with Crippen LogP contribution in [0.1, 0.15) is 11.9 Å². The molecule has 0 amide bonds. The van der Waals surface area contributed by atoms with Crippen molar-refractivity contribution in [3.05, 3.63) is 38.7 Å². The maximum absolute atomic E-state index is 10.5. The molecule has 108 valence electrons. The Kier molecular flexibility index (Phi) is 8.26. The zero-order valence-electron chi connectivity index (χ0n) is 11.1. The van der Waals surface area contributed by atoms with Gasteiger partial charge in [-0.05, 0) is 6.92 Å². The minimum atomic E-state index is -0.489. The minimum Gasteiger partial charge on any atom is -0.366 e. The van der Waals surface area contributed by atoms with Gasteiger partial charge in [0, 0.05) is 29.6 Å². The molecule has 0 atom stereocenters. The summed E-state index contributed by atoms with van der Waals surface area (Å²) in [5.74, 6) is 7.61. The van der Waals surface area contributed by atoms with Crippen LogP contribution in [0.5, 0.6) is 0 Å². The maximum atomic E-state index is 10.5. The standard InChI is InChI=1S/C12H16N4O2S2/c1-2-3-4-13-11(9-16(17)18)14-5-7-19-10-12-15-6-8-20-12/h6,8-9,13-14H,4-5,7,10H2,1H3. The molecule has 1 rings (SSSR count). The Bertz CT molecular complexity index is 491. The molecular weight excluding hydrogens is 296 g/mol. The van der Waals surface area contributed by atoms with Crippen LogP contribution in [0, 0.1) is 22.0 Å². The summed E-state index contributed by atoms with van der Waals surface area (Å²) >= 11 is 3.36. The van der Waals surface area contributed by atoms with Gasteiger partial charge in [-0.2, -0.15) is 11.8 Å². The Hall–Kier alpha value is -1.72. The highest BCUT2D eigenvalue weighted by atomic mass is 32.2. The number of nitro groups is 1. The summed E-state index contributed by atoms with van der Waals surface area (Å²) in [5.41, 5.74) is 0. The quantitative estimate of drug-likeness (QED) is 0.312. The van der Waals surface area contributed by atoms with Crippen molar-refractivity contribution in [2.45, 2.75) is 12.7 Å². The lowest BCUT2D eigenvalue weighted by Gasteiger charge is -2.08. The molecule has 0 aliphatic heterocycles. The highest BCUT2D eigenvalue weighted by Gasteiger charge is 2.01. The zero-order valence-corrected chi connectivity index (χ0v) is 12.7. The van der Waals surface area contributed by atoms with E-state index in [0.717, 1.165) is 22.7 Å². The van der Waals surface area contributed by atoms with Crippen molar-refractivity contribution in [2.75, 3.05) is 18.8 Å². The van der Waals surface area contributed by atoms with Crippen molar-refractivity contribution in [3.8, 4) is 11.8 Å². The molecule has 0 fully saturated rings. The number of hydrogen-bond acceptors (Lipinski definition) is 7. The van der Waals surface area contributed by atoms with Crippen molar-refractivity contribution < 1.29 is 4.92 Å². The van der Waals surface area contributed by atoms with Gasteiger partial charge in [-0.1, -0.05) is 5.92 Å². The molecule has 1 aromatic heterocycles. The third-order valence-electron chi connectivity index (χ3n) is 2.05. The lowest BCUT2D eigenvalue weighted by atomic mass is 10.5. The van der Waals surface area contributed by atoms with Gasteiger partial charge in [-0.15, -0.1) is 17.3 Å². The first-order valence-electron chi connectivity index (χ1n) is 5.91. The van der Waals surface area contributed by atoms with Gasteiger partial charge in [0.25, 0.3) is 6.20 Å². The number of hydrogen-bond donors (Lipinski definition) is 2. The van der Waals surface area contributed by atoms with E-state index in [1.807, 2.05) is 5.38 Å². The zero-order chi connectivity index (χ0) is 14.6. The van der Waals surface area contributed by atoms with Gasteiger partial charge in [0.05, 0.1) is 11.5 Å². The van der Waals surface area contributed by atoms with E-state index in [1.54, 1.807) is 36.2 Å². The maximum Gasteiger partial charge on any atom is 0.274 e. The molecule has 0 saturated heterocycles. The SMILES string of the molecule is CC#CCNC(=C[N+](=O)[O-])NCCSCc1nccs1. The molecule has 0 radical (unpaired) electrons. The van der Waals surface area contributed by atoms with Crippen molar-refractivity contribution >= 4 is 23.1 Å². The molecule has 0 unspecified atom stereocenters. The van der Waals surface area contributed by atoms with Crippen molar-refractivity contribution in [2.24, 2.45) is 0 Å². The van der Waals surface area contributed by atoms with Gasteiger partial charge >= 0.3 is 0 Å². The second-order valence-corrected chi connectivity index (χ2v) is 5.60. The Morgan fingerprint density at radius 2 is 2.50 bits per heavy atom. The van der Waals surface area contributed by atoms with Crippen LogP contribution < -0.4 is 10.6 Å².